The molecule has 0 unspecified atom stereocenters. The quantitative estimate of drug-likeness (QED) is 0.742. The second kappa shape index (κ2) is 4.10. The van der Waals surface area contributed by atoms with Crippen LogP contribution in [0.15, 0.2) is 35.0 Å². The summed E-state index contributed by atoms with van der Waals surface area (Å²) in [6, 6.07) is 10.1. The number of pyridine rings is 1. The molecule has 18 heavy (non-hydrogen) atoms. The Kier molecular flexibility index (Phi) is 2.44. The van der Waals surface area contributed by atoms with Crippen molar-refractivity contribution in [1.29, 1.82) is 0 Å². The van der Waals surface area contributed by atoms with Crippen LogP contribution in [0.5, 0.6) is 0 Å². The lowest BCUT2D eigenvalue weighted by Crippen LogP contribution is -2.02. The number of rotatable bonds is 2. The Hall–Kier alpha value is -2.43. The Morgan fingerprint density at radius 2 is 1.94 bits per heavy atom. The molecule has 0 aliphatic heterocycles. The molecule has 0 saturated carbocycles. The fourth-order valence-corrected chi connectivity index (χ4v) is 2.01. The summed E-state index contributed by atoms with van der Waals surface area (Å²) in [5.74, 6) is 0. The van der Waals surface area contributed by atoms with Crippen molar-refractivity contribution in [3.8, 4) is 0 Å². The molecule has 0 saturated heterocycles. The van der Waals surface area contributed by atoms with Crippen LogP contribution in [-0.2, 0) is 6.42 Å². The molecule has 0 fully saturated rings. The number of fused-ring (bicyclic) bond motifs is 1. The standard InChI is InChI=1S/C13H12N4O/c1-8-10(7-9-5-3-2-4-6-9)11(14)12-13(15-8)17-18-16-12/h2-6H,7,14H2,1H3. The van der Waals surface area contributed by atoms with Gasteiger partial charge in [0.2, 0.25) is 5.65 Å². The molecule has 0 aliphatic carbocycles. The zero-order chi connectivity index (χ0) is 12.5. The number of nitrogen functional groups attached to an aromatic ring is 1. The molecule has 0 radical (unpaired) electrons. The number of nitrogens with two attached hydrogens (primary N) is 1. The number of benzene rings is 1. The van der Waals surface area contributed by atoms with E-state index in [1.54, 1.807) is 0 Å². The smallest absolute Gasteiger partial charge is 0.226 e. The molecule has 0 bridgehead atoms. The zero-order valence-electron chi connectivity index (χ0n) is 9.92. The van der Waals surface area contributed by atoms with Gasteiger partial charge in [-0.05, 0) is 22.8 Å². The highest BCUT2D eigenvalue weighted by molar-refractivity contribution is 5.85. The Balaban J connectivity index is 2.11. The van der Waals surface area contributed by atoms with E-state index in [1.165, 1.54) is 5.56 Å². The van der Waals surface area contributed by atoms with Crippen LogP contribution in [0.1, 0.15) is 16.8 Å². The molecular weight excluding hydrogens is 228 g/mol. The van der Waals surface area contributed by atoms with Crippen LogP contribution in [-0.4, -0.2) is 15.3 Å². The van der Waals surface area contributed by atoms with Gasteiger partial charge in [0.15, 0.2) is 5.52 Å². The van der Waals surface area contributed by atoms with Crippen LogP contribution in [0, 0.1) is 6.92 Å². The average Bonchev–Trinajstić information content (AvgIpc) is 2.84. The fraction of sp³-hybridized carbons (Fsp3) is 0.154. The summed E-state index contributed by atoms with van der Waals surface area (Å²) in [5.41, 5.74) is 10.7. The minimum atomic E-state index is 0.460. The first-order chi connectivity index (χ1) is 8.75. The highest BCUT2D eigenvalue weighted by atomic mass is 16.6. The summed E-state index contributed by atoms with van der Waals surface area (Å²) in [6.07, 6.45) is 0.730. The molecule has 2 aromatic heterocycles. The summed E-state index contributed by atoms with van der Waals surface area (Å²) in [5, 5.41) is 7.50. The average molecular weight is 240 g/mol. The summed E-state index contributed by atoms with van der Waals surface area (Å²) in [6.45, 7) is 1.92. The number of aromatic nitrogens is 3. The SMILES string of the molecule is Cc1nc2nonc2c(N)c1Cc1ccccc1. The lowest BCUT2D eigenvalue weighted by atomic mass is 10.0. The molecule has 2 N–H and O–H groups in total. The lowest BCUT2D eigenvalue weighted by molar-refractivity contribution is 0.315. The van der Waals surface area contributed by atoms with Crippen LogP contribution in [0.25, 0.3) is 11.2 Å². The van der Waals surface area contributed by atoms with E-state index in [1.807, 2.05) is 25.1 Å². The van der Waals surface area contributed by atoms with E-state index in [2.05, 4.69) is 32.1 Å². The van der Waals surface area contributed by atoms with E-state index in [4.69, 9.17) is 5.73 Å². The van der Waals surface area contributed by atoms with Gasteiger partial charge in [0, 0.05) is 17.7 Å². The topological polar surface area (TPSA) is 77.8 Å². The number of hydrogen-bond acceptors (Lipinski definition) is 5. The number of nitrogens with zero attached hydrogens (tertiary/aromatic N) is 3. The highest BCUT2D eigenvalue weighted by Crippen LogP contribution is 2.25. The van der Waals surface area contributed by atoms with E-state index in [-0.39, 0.29) is 0 Å². The molecule has 2 heterocycles. The highest BCUT2D eigenvalue weighted by Gasteiger charge is 2.14. The predicted octanol–water partition coefficient (Wildman–Crippen LogP) is 2.10. The van der Waals surface area contributed by atoms with Crippen molar-refractivity contribution in [1.82, 2.24) is 15.3 Å². The maximum Gasteiger partial charge on any atom is 0.226 e. The molecule has 0 spiro atoms. The van der Waals surface area contributed by atoms with E-state index in [9.17, 15) is 0 Å². The summed E-state index contributed by atoms with van der Waals surface area (Å²) in [7, 11) is 0. The molecule has 5 nitrogen and oxygen atoms in total. The minimum Gasteiger partial charge on any atom is -0.396 e. The third kappa shape index (κ3) is 1.69. The van der Waals surface area contributed by atoms with Gasteiger partial charge >= 0.3 is 0 Å². The first-order valence-electron chi connectivity index (χ1n) is 5.67. The Bertz CT molecular complexity index is 691. The maximum atomic E-state index is 6.11. The van der Waals surface area contributed by atoms with Crippen LogP contribution < -0.4 is 5.73 Å². The number of hydrogen-bond donors (Lipinski definition) is 1. The van der Waals surface area contributed by atoms with Gasteiger partial charge < -0.3 is 5.73 Å². The van der Waals surface area contributed by atoms with Crippen molar-refractivity contribution in [3.63, 3.8) is 0 Å². The summed E-state index contributed by atoms with van der Waals surface area (Å²) in [4.78, 5) is 4.35. The van der Waals surface area contributed by atoms with Gasteiger partial charge in [0.05, 0.1) is 5.69 Å². The van der Waals surface area contributed by atoms with Crippen molar-refractivity contribution in [2.45, 2.75) is 13.3 Å². The number of aryl methyl sites for hydroxylation is 1. The Morgan fingerprint density at radius 1 is 1.17 bits per heavy atom. The fourth-order valence-electron chi connectivity index (χ4n) is 2.01. The van der Waals surface area contributed by atoms with Gasteiger partial charge in [-0.3, -0.25) is 0 Å². The second-order valence-electron chi connectivity index (χ2n) is 4.19. The van der Waals surface area contributed by atoms with E-state index >= 15 is 0 Å². The molecule has 5 heteroatoms. The monoisotopic (exact) mass is 240 g/mol. The van der Waals surface area contributed by atoms with Gasteiger partial charge in [-0.15, -0.1) is 0 Å². The van der Waals surface area contributed by atoms with E-state index < -0.39 is 0 Å². The molecule has 3 aromatic rings. The first-order valence-corrected chi connectivity index (χ1v) is 5.67. The molecule has 0 aliphatic rings. The Morgan fingerprint density at radius 3 is 2.72 bits per heavy atom. The molecule has 3 rings (SSSR count). The van der Waals surface area contributed by atoms with Crippen LogP contribution >= 0.6 is 0 Å². The van der Waals surface area contributed by atoms with Gasteiger partial charge in [-0.2, -0.15) is 0 Å². The zero-order valence-corrected chi connectivity index (χ0v) is 9.92. The van der Waals surface area contributed by atoms with Crippen molar-refractivity contribution in [3.05, 3.63) is 47.2 Å². The molecule has 0 atom stereocenters. The Labute approximate surface area is 104 Å². The molecular formula is C13H12N4O. The van der Waals surface area contributed by atoms with Crippen molar-refractivity contribution in [2.24, 2.45) is 0 Å². The van der Waals surface area contributed by atoms with Gasteiger partial charge in [0.25, 0.3) is 0 Å². The second-order valence-corrected chi connectivity index (χ2v) is 4.19. The van der Waals surface area contributed by atoms with Crippen molar-refractivity contribution >= 4 is 16.9 Å². The first kappa shape index (κ1) is 10.7. The minimum absolute atomic E-state index is 0.460. The predicted molar refractivity (Wildman–Crippen MR) is 68.0 cm³/mol. The van der Waals surface area contributed by atoms with Gasteiger partial charge in [-0.25, -0.2) is 9.61 Å². The summed E-state index contributed by atoms with van der Waals surface area (Å²) < 4.78 is 4.66. The van der Waals surface area contributed by atoms with Gasteiger partial charge in [0.1, 0.15) is 0 Å². The third-order valence-corrected chi connectivity index (χ3v) is 2.99. The summed E-state index contributed by atoms with van der Waals surface area (Å²) >= 11 is 0. The van der Waals surface area contributed by atoms with Crippen molar-refractivity contribution in [2.75, 3.05) is 5.73 Å². The molecule has 1 aromatic carbocycles. The van der Waals surface area contributed by atoms with Crippen molar-refractivity contribution < 1.29 is 4.63 Å². The van der Waals surface area contributed by atoms with Crippen LogP contribution in [0.3, 0.4) is 0 Å². The van der Waals surface area contributed by atoms with Crippen LogP contribution in [0.4, 0.5) is 5.69 Å². The van der Waals surface area contributed by atoms with Crippen LogP contribution in [0.2, 0.25) is 0 Å². The molecule has 90 valence electrons. The third-order valence-electron chi connectivity index (χ3n) is 2.99. The van der Waals surface area contributed by atoms with Gasteiger partial charge in [-0.1, -0.05) is 30.3 Å². The maximum absolute atomic E-state index is 6.11. The lowest BCUT2D eigenvalue weighted by Gasteiger charge is -2.08. The van der Waals surface area contributed by atoms with E-state index in [0.717, 1.165) is 17.7 Å². The van der Waals surface area contributed by atoms with E-state index in [0.29, 0.717) is 16.9 Å². The number of anilines is 1. The molecule has 0 amide bonds. The normalized spacial score (nSPS) is 10.9. The largest absolute Gasteiger partial charge is 0.396 e.